The van der Waals surface area contributed by atoms with Gasteiger partial charge in [0.15, 0.2) is 8.32 Å². The van der Waals surface area contributed by atoms with Crippen molar-refractivity contribution >= 4 is 14.3 Å². The predicted octanol–water partition coefficient (Wildman–Crippen LogP) is 4.52. The lowest BCUT2D eigenvalue weighted by molar-refractivity contribution is -0.142. The predicted molar refractivity (Wildman–Crippen MR) is 82.8 cm³/mol. The van der Waals surface area contributed by atoms with Crippen LogP contribution in [-0.2, 0) is 14.0 Å². The molecule has 0 saturated carbocycles. The summed E-state index contributed by atoms with van der Waals surface area (Å²) in [5.74, 6) is -0.166. The second kappa shape index (κ2) is 8.05. The Hall–Kier alpha value is -0.353. The van der Waals surface area contributed by atoms with Crippen LogP contribution in [0, 0.1) is 0 Å². The van der Waals surface area contributed by atoms with Gasteiger partial charge in [0.25, 0.3) is 0 Å². The first-order chi connectivity index (χ1) is 8.64. The molecule has 0 spiro atoms. The molecular weight excluding hydrogens is 256 g/mol. The maximum absolute atomic E-state index is 11.5. The lowest BCUT2D eigenvalue weighted by Gasteiger charge is -2.39. The van der Waals surface area contributed by atoms with E-state index >= 15 is 0 Å². The van der Waals surface area contributed by atoms with Crippen molar-refractivity contribution < 1.29 is 14.0 Å². The normalized spacial score (nSPS) is 14.3. The summed E-state index contributed by atoms with van der Waals surface area (Å²) in [6.45, 7) is 13.3. The van der Waals surface area contributed by atoms with Crippen molar-refractivity contribution in [2.24, 2.45) is 0 Å². The van der Waals surface area contributed by atoms with E-state index in [9.17, 15) is 4.79 Å². The Morgan fingerprint density at radius 1 is 1.21 bits per heavy atom. The Morgan fingerprint density at radius 2 is 1.79 bits per heavy atom. The maximum atomic E-state index is 11.5. The highest BCUT2D eigenvalue weighted by Gasteiger charge is 2.39. The number of carbonyl (C=O) groups excluding carboxylic acids is 1. The van der Waals surface area contributed by atoms with Gasteiger partial charge in [0.2, 0.25) is 0 Å². The van der Waals surface area contributed by atoms with E-state index in [1.165, 1.54) is 20.0 Å². The lowest BCUT2D eigenvalue weighted by Crippen LogP contribution is -2.44. The molecule has 0 aliphatic carbocycles. The molecule has 0 aliphatic rings. The molecule has 0 heterocycles. The van der Waals surface area contributed by atoms with Crippen LogP contribution in [0.2, 0.25) is 18.1 Å². The van der Waals surface area contributed by atoms with Crippen molar-refractivity contribution in [1.29, 1.82) is 0 Å². The summed E-state index contributed by atoms with van der Waals surface area (Å²) in [6.07, 6.45) is 4.85. The van der Waals surface area contributed by atoms with Crippen molar-refractivity contribution in [3.63, 3.8) is 0 Å². The van der Waals surface area contributed by atoms with Gasteiger partial charge in [-0.1, -0.05) is 47.0 Å². The summed E-state index contributed by atoms with van der Waals surface area (Å²) >= 11 is 0. The zero-order chi connectivity index (χ0) is 15.1. The van der Waals surface area contributed by atoms with Gasteiger partial charge in [0.1, 0.15) is 0 Å². The molecule has 0 aromatic rings. The van der Waals surface area contributed by atoms with Crippen LogP contribution in [0.4, 0.5) is 0 Å². The van der Waals surface area contributed by atoms with Crippen LogP contribution < -0.4 is 0 Å². The molecule has 0 rings (SSSR count). The first kappa shape index (κ1) is 18.6. The molecule has 0 radical (unpaired) electrons. The Kier molecular flexibility index (Phi) is 7.90. The number of rotatable bonds is 8. The molecule has 0 aromatic heterocycles. The average molecular weight is 289 g/mol. The minimum absolute atomic E-state index is 0.0138. The fraction of sp³-hybridized carbons (Fsp3) is 0.933. The van der Waals surface area contributed by atoms with E-state index in [1.54, 1.807) is 0 Å². The zero-order valence-electron chi connectivity index (χ0n) is 13.8. The first-order valence-electron chi connectivity index (χ1n) is 7.38. The molecular formula is C15H32O3Si. The highest BCUT2D eigenvalue weighted by atomic mass is 28.4. The molecule has 3 nitrogen and oxygen atoms in total. The van der Waals surface area contributed by atoms with E-state index < -0.39 is 8.32 Å². The molecule has 0 saturated heterocycles. The minimum Gasteiger partial charge on any atom is -0.469 e. The third-order valence-corrected chi connectivity index (χ3v) is 8.55. The lowest BCUT2D eigenvalue weighted by atomic mass is 10.1. The quantitative estimate of drug-likeness (QED) is 0.374. The molecule has 114 valence electrons. The monoisotopic (exact) mass is 288 g/mol. The topological polar surface area (TPSA) is 35.5 Å². The number of ether oxygens (including phenoxy) is 1. The third-order valence-electron chi connectivity index (χ3n) is 4.02. The van der Waals surface area contributed by atoms with Gasteiger partial charge in [-0.25, -0.2) is 0 Å². The number of unbranched alkanes of at least 4 members (excludes halogenated alkanes) is 2. The van der Waals surface area contributed by atoms with Crippen molar-refractivity contribution in [1.82, 2.24) is 0 Å². The van der Waals surface area contributed by atoms with E-state index in [4.69, 9.17) is 9.16 Å². The van der Waals surface area contributed by atoms with E-state index in [0.29, 0.717) is 6.42 Å². The Morgan fingerprint density at radius 3 is 2.21 bits per heavy atom. The van der Waals surface area contributed by atoms with Crippen LogP contribution in [-0.4, -0.2) is 27.5 Å². The van der Waals surface area contributed by atoms with Crippen molar-refractivity contribution in [2.75, 3.05) is 7.11 Å². The van der Waals surface area contributed by atoms with Gasteiger partial charge in [0, 0.05) is 0 Å². The summed E-state index contributed by atoms with van der Waals surface area (Å²) in [4.78, 5) is 11.5. The van der Waals surface area contributed by atoms with Gasteiger partial charge in [-0.15, -0.1) is 0 Å². The molecule has 0 aliphatic heterocycles. The Labute approximate surface area is 120 Å². The Bertz CT molecular complexity index is 269. The zero-order valence-corrected chi connectivity index (χ0v) is 14.8. The van der Waals surface area contributed by atoms with Crippen molar-refractivity contribution in [2.45, 2.75) is 84.0 Å². The van der Waals surface area contributed by atoms with Crippen LogP contribution >= 0.6 is 0 Å². The molecule has 4 heteroatoms. The standard InChI is InChI=1S/C15H32O3Si/c1-8-9-10-11-13(12-14(16)17-5)18-19(6,7)15(2,3)4/h13H,8-12H2,1-7H3/t13-/m1/s1. The number of esters is 1. The number of carbonyl (C=O) groups is 1. The second-order valence-corrected chi connectivity index (χ2v) is 11.5. The molecule has 0 bridgehead atoms. The van der Waals surface area contributed by atoms with E-state index in [2.05, 4.69) is 40.8 Å². The molecule has 0 aromatic carbocycles. The van der Waals surface area contributed by atoms with Crippen LogP contribution in [0.25, 0.3) is 0 Å². The summed E-state index contributed by atoms with van der Waals surface area (Å²) < 4.78 is 11.1. The van der Waals surface area contributed by atoms with Crippen LogP contribution in [0.1, 0.15) is 59.8 Å². The van der Waals surface area contributed by atoms with Gasteiger partial charge < -0.3 is 9.16 Å². The average Bonchev–Trinajstić information content (AvgIpc) is 2.27. The summed E-state index contributed by atoms with van der Waals surface area (Å²) in [6, 6.07) is 0. The van der Waals surface area contributed by atoms with Crippen molar-refractivity contribution in [3.8, 4) is 0 Å². The number of methoxy groups -OCH3 is 1. The largest absolute Gasteiger partial charge is 0.469 e. The molecule has 0 fully saturated rings. The van der Waals surface area contributed by atoms with Crippen molar-refractivity contribution in [3.05, 3.63) is 0 Å². The molecule has 0 unspecified atom stereocenters. The highest BCUT2D eigenvalue weighted by molar-refractivity contribution is 6.74. The van der Waals surface area contributed by atoms with E-state index in [0.717, 1.165) is 12.8 Å². The molecule has 0 amide bonds. The van der Waals surface area contributed by atoms with Crippen LogP contribution in [0.3, 0.4) is 0 Å². The summed E-state index contributed by atoms with van der Waals surface area (Å²) in [5.41, 5.74) is 0. The van der Waals surface area contributed by atoms with Crippen LogP contribution in [0.5, 0.6) is 0 Å². The van der Waals surface area contributed by atoms with Gasteiger partial charge in [-0.3, -0.25) is 4.79 Å². The molecule has 1 atom stereocenters. The maximum Gasteiger partial charge on any atom is 0.308 e. The number of hydrogen-bond acceptors (Lipinski definition) is 3. The number of hydrogen-bond donors (Lipinski definition) is 0. The Balaban J connectivity index is 4.60. The molecule has 19 heavy (non-hydrogen) atoms. The molecule has 0 N–H and O–H groups in total. The highest BCUT2D eigenvalue weighted by Crippen LogP contribution is 2.38. The minimum atomic E-state index is -1.82. The van der Waals surface area contributed by atoms with Crippen LogP contribution in [0.15, 0.2) is 0 Å². The summed E-state index contributed by atoms with van der Waals surface area (Å²) in [5, 5.41) is 0.173. The van der Waals surface area contributed by atoms with Gasteiger partial charge in [-0.2, -0.15) is 0 Å². The van der Waals surface area contributed by atoms with E-state index in [-0.39, 0.29) is 17.1 Å². The van der Waals surface area contributed by atoms with E-state index in [1.807, 2.05) is 0 Å². The second-order valence-electron chi connectivity index (χ2n) is 6.78. The van der Waals surface area contributed by atoms with Gasteiger partial charge >= 0.3 is 5.97 Å². The fourth-order valence-corrected chi connectivity index (χ4v) is 3.08. The third kappa shape index (κ3) is 7.11. The first-order valence-corrected chi connectivity index (χ1v) is 10.3. The summed E-state index contributed by atoms with van der Waals surface area (Å²) in [7, 11) is -0.373. The smallest absolute Gasteiger partial charge is 0.308 e. The van der Waals surface area contributed by atoms with Gasteiger partial charge in [0.05, 0.1) is 19.6 Å². The fourth-order valence-electron chi connectivity index (χ4n) is 1.69. The van der Waals surface area contributed by atoms with Gasteiger partial charge in [-0.05, 0) is 24.6 Å². The SMILES string of the molecule is CCCCC[C@H](CC(=O)OC)O[Si](C)(C)C(C)(C)C.